The van der Waals surface area contributed by atoms with Crippen LogP contribution in [0.25, 0.3) is 10.9 Å². The van der Waals surface area contributed by atoms with Crippen LogP contribution < -0.4 is 9.64 Å². The third kappa shape index (κ3) is 3.31. The first kappa shape index (κ1) is 23.9. The predicted molar refractivity (Wildman–Crippen MR) is 143 cm³/mol. The molecule has 3 heterocycles. The van der Waals surface area contributed by atoms with E-state index in [9.17, 15) is 4.79 Å². The van der Waals surface area contributed by atoms with E-state index < -0.39 is 5.60 Å². The molecule has 1 unspecified atom stereocenters. The highest BCUT2D eigenvalue weighted by Gasteiger charge is 2.54. The minimum Gasteiger partial charge on any atom is -0.491 e. The molecular weight excluding hydrogens is 450 g/mol. The number of nitrogens with zero attached hydrogens (tertiary/aromatic N) is 3. The Kier molecular flexibility index (Phi) is 6.20. The number of aryl methyl sites for hydroxylation is 1. The lowest BCUT2D eigenvalue weighted by molar-refractivity contribution is 0.0238. The predicted octanol–water partition coefficient (Wildman–Crippen LogP) is 6.07. The summed E-state index contributed by atoms with van der Waals surface area (Å²) >= 11 is 0. The van der Waals surface area contributed by atoms with Crippen molar-refractivity contribution in [2.75, 3.05) is 24.6 Å². The van der Waals surface area contributed by atoms with Crippen LogP contribution in [0.2, 0.25) is 0 Å². The number of aromatic nitrogens is 2. The van der Waals surface area contributed by atoms with Crippen molar-refractivity contribution in [1.29, 1.82) is 0 Å². The molecule has 4 aromatic rings. The summed E-state index contributed by atoms with van der Waals surface area (Å²) in [6.45, 7) is 13.4. The second-order valence-corrected chi connectivity index (χ2v) is 8.95. The number of hydrogen-bond acceptors (Lipinski definition) is 5. The highest BCUT2D eigenvalue weighted by molar-refractivity contribution is 5.98. The summed E-state index contributed by atoms with van der Waals surface area (Å²) in [5, 5.41) is 1.04. The molecular formula is C30H33N3O3. The topological polar surface area (TPSA) is 56.6 Å². The molecule has 0 spiro atoms. The maximum absolute atomic E-state index is 13.4. The van der Waals surface area contributed by atoms with Gasteiger partial charge in [0.05, 0.1) is 23.4 Å². The van der Waals surface area contributed by atoms with Crippen molar-refractivity contribution in [1.82, 2.24) is 9.55 Å². The Morgan fingerprint density at radius 1 is 1.00 bits per heavy atom. The number of cyclic esters (lactones) is 1. The third-order valence-corrected chi connectivity index (χ3v) is 7.27. The van der Waals surface area contributed by atoms with Crippen LogP contribution in [0.1, 0.15) is 60.6 Å². The summed E-state index contributed by atoms with van der Waals surface area (Å²) < 4.78 is 15.2. The minimum atomic E-state index is -1.24. The number of benzene rings is 2. The van der Waals surface area contributed by atoms with Gasteiger partial charge in [-0.05, 0) is 58.9 Å². The van der Waals surface area contributed by atoms with Gasteiger partial charge in [0.15, 0.2) is 5.75 Å². The quantitative estimate of drug-likeness (QED) is 0.285. The Morgan fingerprint density at radius 3 is 2.50 bits per heavy atom. The Labute approximate surface area is 212 Å². The number of pyridine rings is 1. The van der Waals surface area contributed by atoms with Gasteiger partial charge in [0.1, 0.15) is 5.69 Å². The lowest BCUT2D eigenvalue weighted by atomic mass is 9.80. The Balaban J connectivity index is 1.96. The Hall–Kier alpha value is -3.80. The molecule has 0 N–H and O–H groups in total. The number of rotatable bonds is 8. The van der Waals surface area contributed by atoms with Gasteiger partial charge in [-0.2, -0.15) is 0 Å². The first-order chi connectivity index (χ1) is 17.5. The van der Waals surface area contributed by atoms with Crippen molar-refractivity contribution in [3.05, 3.63) is 88.9 Å². The normalized spacial score (nSPS) is 16.8. The van der Waals surface area contributed by atoms with E-state index in [2.05, 4.69) is 55.4 Å². The standard InChI is InChI=1S/C30H33N3O3/c1-6-32(7-2)25-18-12-16-23(27(25)35-9-4)30(28-22(29(34)36-30)15-13-19-31-28)26-20(5)33(8-3)24-17-11-10-14-21(24)26/h10-19H,6-9H2,1-5H3. The van der Waals surface area contributed by atoms with Gasteiger partial charge >= 0.3 is 5.97 Å². The fourth-order valence-electron chi connectivity index (χ4n) is 5.77. The summed E-state index contributed by atoms with van der Waals surface area (Å²) in [7, 11) is 0. The zero-order valence-electron chi connectivity index (χ0n) is 21.7. The van der Waals surface area contributed by atoms with Crippen molar-refractivity contribution >= 4 is 22.6 Å². The highest BCUT2D eigenvalue weighted by Crippen LogP contribution is 2.53. The van der Waals surface area contributed by atoms with E-state index in [0.717, 1.165) is 58.8 Å². The van der Waals surface area contributed by atoms with Crippen molar-refractivity contribution in [2.24, 2.45) is 0 Å². The van der Waals surface area contributed by atoms with E-state index >= 15 is 0 Å². The molecule has 6 nitrogen and oxygen atoms in total. The number of para-hydroxylation sites is 2. The van der Waals surface area contributed by atoms with Crippen LogP contribution in [0.3, 0.4) is 0 Å². The van der Waals surface area contributed by atoms with Gasteiger partial charge < -0.3 is 18.9 Å². The smallest absolute Gasteiger partial charge is 0.341 e. The molecule has 0 radical (unpaired) electrons. The lowest BCUT2D eigenvalue weighted by Crippen LogP contribution is -2.33. The fraction of sp³-hybridized carbons (Fsp3) is 0.333. The molecule has 0 fully saturated rings. The largest absolute Gasteiger partial charge is 0.491 e. The van der Waals surface area contributed by atoms with Gasteiger partial charge in [-0.15, -0.1) is 0 Å². The molecule has 1 aliphatic heterocycles. The minimum absolute atomic E-state index is 0.374. The van der Waals surface area contributed by atoms with Gasteiger partial charge in [0.25, 0.3) is 0 Å². The second-order valence-electron chi connectivity index (χ2n) is 8.95. The van der Waals surface area contributed by atoms with E-state index in [1.807, 2.05) is 31.2 Å². The first-order valence-electron chi connectivity index (χ1n) is 12.8. The Morgan fingerprint density at radius 2 is 1.78 bits per heavy atom. The SMILES string of the molecule is CCOc1c(N(CC)CC)cccc1C1(c2c(C)n(CC)c3ccccc23)OC(=O)c2cccnc21. The van der Waals surface area contributed by atoms with Crippen LogP contribution in [0.15, 0.2) is 60.8 Å². The van der Waals surface area contributed by atoms with Crippen LogP contribution in [0.4, 0.5) is 5.69 Å². The molecule has 6 heteroatoms. The number of fused-ring (bicyclic) bond motifs is 2. The number of hydrogen-bond donors (Lipinski definition) is 0. The summed E-state index contributed by atoms with van der Waals surface area (Å²) in [4.78, 5) is 20.5. The van der Waals surface area contributed by atoms with Crippen LogP contribution in [0, 0.1) is 6.92 Å². The number of anilines is 1. The van der Waals surface area contributed by atoms with Crippen molar-refractivity contribution < 1.29 is 14.3 Å². The van der Waals surface area contributed by atoms with Crippen LogP contribution >= 0.6 is 0 Å². The zero-order chi connectivity index (χ0) is 25.4. The van der Waals surface area contributed by atoms with Crippen molar-refractivity contribution in [3.63, 3.8) is 0 Å². The van der Waals surface area contributed by atoms with Crippen molar-refractivity contribution in [2.45, 2.75) is 46.8 Å². The van der Waals surface area contributed by atoms with E-state index in [-0.39, 0.29) is 5.97 Å². The molecule has 36 heavy (non-hydrogen) atoms. The van der Waals surface area contributed by atoms with Gasteiger partial charge in [-0.25, -0.2) is 4.79 Å². The molecule has 2 aromatic carbocycles. The van der Waals surface area contributed by atoms with Gasteiger partial charge in [-0.3, -0.25) is 4.98 Å². The van der Waals surface area contributed by atoms with E-state index in [4.69, 9.17) is 14.5 Å². The monoisotopic (exact) mass is 483 g/mol. The summed E-state index contributed by atoms with van der Waals surface area (Å²) in [5.74, 6) is 0.351. The molecule has 2 aromatic heterocycles. The van der Waals surface area contributed by atoms with Crippen molar-refractivity contribution in [3.8, 4) is 5.75 Å². The zero-order valence-corrected chi connectivity index (χ0v) is 21.7. The number of ether oxygens (including phenoxy) is 2. The van der Waals surface area contributed by atoms with Gasteiger partial charge in [-0.1, -0.05) is 30.3 Å². The molecule has 0 saturated heterocycles. The van der Waals surface area contributed by atoms with E-state index in [0.29, 0.717) is 17.9 Å². The van der Waals surface area contributed by atoms with Crippen LogP contribution in [0.5, 0.6) is 5.75 Å². The average molecular weight is 484 g/mol. The molecule has 0 bridgehead atoms. The molecule has 1 atom stereocenters. The van der Waals surface area contributed by atoms with E-state index in [1.54, 1.807) is 18.3 Å². The highest BCUT2D eigenvalue weighted by atomic mass is 16.6. The fourth-order valence-corrected chi connectivity index (χ4v) is 5.77. The lowest BCUT2D eigenvalue weighted by Gasteiger charge is -2.33. The Bertz CT molecular complexity index is 1440. The summed E-state index contributed by atoms with van der Waals surface area (Å²) in [6, 6.07) is 18.0. The second kappa shape index (κ2) is 9.34. The third-order valence-electron chi connectivity index (χ3n) is 7.27. The maximum atomic E-state index is 13.4. The first-order valence-corrected chi connectivity index (χ1v) is 12.8. The number of carbonyl (C=O) groups excluding carboxylic acids is 1. The molecule has 0 aliphatic carbocycles. The molecule has 1 aliphatic rings. The maximum Gasteiger partial charge on any atom is 0.341 e. The average Bonchev–Trinajstić information content (AvgIpc) is 3.36. The molecule has 5 rings (SSSR count). The van der Waals surface area contributed by atoms with Gasteiger partial charge in [0.2, 0.25) is 5.60 Å². The molecule has 0 amide bonds. The van der Waals surface area contributed by atoms with Gasteiger partial charge in [0, 0.05) is 48.0 Å². The molecule has 186 valence electrons. The summed E-state index contributed by atoms with van der Waals surface area (Å²) in [5.41, 5.74) is 4.70. The summed E-state index contributed by atoms with van der Waals surface area (Å²) in [6.07, 6.45) is 1.73. The number of esters is 1. The van der Waals surface area contributed by atoms with E-state index in [1.165, 1.54) is 0 Å². The molecule has 0 saturated carbocycles. The van der Waals surface area contributed by atoms with Crippen LogP contribution in [-0.2, 0) is 16.9 Å². The van der Waals surface area contributed by atoms with Crippen LogP contribution in [-0.4, -0.2) is 35.2 Å². The number of carbonyl (C=O) groups is 1.